The molecule has 2 unspecified atom stereocenters. The average Bonchev–Trinajstić information content (AvgIpc) is 2.62. The fourth-order valence-electron chi connectivity index (χ4n) is 3.27. The molecule has 2 saturated heterocycles. The predicted octanol–water partition coefficient (Wildman–Crippen LogP) is 2.45. The zero-order valence-electron chi connectivity index (χ0n) is 11.7. The molecule has 21 heavy (non-hydrogen) atoms. The molecule has 2 bridgehead atoms. The van der Waals surface area contributed by atoms with E-state index in [-0.39, 0.29) is 11.4 Å². The van der Waals surface area contributed by atoms with Crippen molar-refractivity contribution < 1.29 is 17.9 Å². The Morgan fingerprint density at radius 3 is 2.33 bits per heavy atom. The molecule has 3 rings (SSSR count). The SMILES string of the molecule is CN1C2CCC1CN(c1ccc(OC(F)(F)F)c(N)c1)C2. The van der Waals surface area contributed by atoms with Crippen molar-refractivity contribution >= 4 is 11.4 Å². The molecule has 116 valence electrons. The van der Waals surface area contributed by atoms with Gasteiger partial charge >= 0.3 is 6.36 Å². The monoisotopic (exact) mass is 301 g/mol. The van der Waals surface area contributed by atoms with Gasteiger partial charge in [-0.05, 0) is 38.1 Å². The van der Waals surface area contributed by atoms with Gasteiger partial charge in [0.25, 0.3) is 0 Å². The molecule has 0 saturated carbocycles. The Kier molecular flexibility index (Phi) is 3.39. The minimum absolute atomic E-state index is 0.0103. The first-order valence-corrected chi connectivity index (χ1v) is 6.95. The molecule has 2 heterocycles. The number of ether oxygens (including phenoxy) is 1. The van der Waals surface area contributed by atoms with E-state index in [0.717, 1.165) is 18.8 Å². The van der Waals surface area contributed by atoms with E-state index in [9.17, 15) is 13.2 Å². The number of rotatable bonds is 2. The summed E-state index contributed by atoms with van der Waals surface area (Å²) in [6.45, 7) is 1.76. The molecule has 0 radical (unpaired) electrons. The number of nitrogen functional groups attached to an aromatic ring is 1. The normalized spacial score (nSPS) is 26.2. The number of nitrogens with two attached hydrogens (primary N) is 1. The van der Waals surface area contributed by atoms with Crippen molar-refractivity contribution in [2.75, 3.05) is 30.8 Å². The Labute approximate surface area is 121 Å². The maximum Gasteiger partial charge on any atom is 0.573 e. The largest absolute Gasteiger partial charge is 0.573 e. The summed E-state index contributed by atoms with van der Waals surface area (Å²) in [6.07, 6.45) is -2.38. The zero-order chi connectivity index (χ0) is 15.2. The van der Waals surface area contributed by atoms with Gasteiger partial charge in [0.2, 0.25) is 0 Å². The number of hydrogen-bond donors (Lipinski definition) is 1. The molecule has 0 aliphatic carbocycles. The zero-order valence-corrected chi connectivity index (χ0v) is 11.7. The lowest BCUT2D eigenvalue weighted by molar-refractivity contribution is -0.274. The summed E-state index contributed by atoms with van der Waals surface area (Å²) in [5, 5.41) is 0. The molecule has 4 nitrogen and oxygen atoms in total. The van der Waals surface area contributed by atoms with Crippen molar-refractivity contribution in [2.45, 2.75) is 31.3 Å². The Bertz CT molecular complexity index is 521. The lowest BCUT2D eigenvalue weighted by Gasteiger charge is -2.40. The van der Waals surface area contributed by atoms with E-state index in [4.69, 9.17) is 5.73 Å². The number of likely N-dealkylation sites (N-methyl/N-ethyl adjacent to an activating group) is 1. The third kappa shape index (κ3) is 2.88. The number of benzene rings is 1. The highest BCUT2D eigenvalue weighted by Gasteiger charge is 2.37. The van der Waals surface area contributed by atoms with E-state index in [2.05, 4.69) is 21.6 Å². The van der Waals surface area contributed by atoms with E-state index < -0.39 is 6.36 Å². The van der Waals surface area contributed by atoms with Gasteiger partial charge in [0, 0.05) is 30.9 Å². The third-order valence-corrected chi connectivity index (χ3v) is 4.43. The summed E-state index contributed by atoms with van der Waals surface area (Å²) < 4.78 is 40.6. The van der Waals surface area contributed by atoms with Crippen LogP contribution in [-0.2, 0) is 0 Å². The van der Waals surface area contributed by atoms with Crippen LogP contribution in [0.3, 0.4) is 0 Å². The second-order valence-corrected chi connectivity index (χ2v) is 5.73. The van der Waals surface area contributed by atoms with Gasteiger partial charge in [0.05, 0.1) is 5.69 Å². The molecule has 2 N–H and O–H groups in total. The molecule has 2 fully saturated rings. The second-order valence-electron chi connectivity index (χ2n) is 5.73. The van der Waals surface area contributed by atoms with Crippen LogP contribution in [-0.4, -0.2) is 43.5 Å². The number of fused-ring (bicyclic) bond motifs is 2. The van der Waals surface area contributed by atoms with Crippen LogP contribution in [0.25, 0.3) is 0 Å². The van der Waals surface area contributed by atoms with Crippen molar-refractivity contribution in [1.29, 1.82) is 0 Å². The first-order valence-electron chi connectivity index (χ1n) is 6.95. The molecule has 2 aliphatic rings. The van der Waals surface area contributed by atoms with Crippen LogP contribution in [0.5, 0.6) is 5.75 Å². The maximum atomic E-state index is 12.2. The highest BCUT2D eigenvalue weighted by atomic mass is 19.4. The van der Waals surface area contributed by atoms with Crippen molar-refractivity contribution in [3.8, 4) is 5.75 Å². The lowest BCUT2D eigenvalue weighted by atomic mass is 10.1. The average molecular weight is 301 g/mol. The number of piperazine rings is 1. The minimum Gasteiger partial charge on any atom is -0.404 e. The Morgan fingerprint density at radius 2 is 1.81 bits per heavy atom. The summed E-state index contributed by atoms with van der Waals surface area (Å²) in [4.78, 5) is 4.58. The van der Waals surface area contributed by atoms with Crippen molar-refractivity contribution in [3.05, 3.63) is 18.2 Å². The molecule has 1 aromatic rings. The van der Waals surface area contributed by atoms with Crippen LogP contribution in [0, 0.1) is 0 Å². The van der Waals surface area contributed by atoms with Crippen LogP contribution in [0.2, 0.25) is 0 Å². The first-order chi connectivity index (χ1) is 9.83. The standard InChI is InChI=1S/C14H18F3N3O/c1-19-10-2-3-11(19)8-20(7-10)9-4-5-13(12(18)6-9)21-14(15,16)17/h4-6,10-11H,2-3,7-8,18H2,1H3. The Morgan fingerprint density at radius 1 is 1.19 bits per heavy atom. The van der Waals surface area contributed by atoms with Crippen LogP contribution in [0.15, 0.2) is 18.2 Å². The van der Waals surface area contributed by atoms with Crippen LogP contribution < -0.4 is 15.4 Å². The summed E-state index contributed by atoms with van der Waals surface area (Å²) in [7, 11) is 2.13. The summed E-state index contributed by atoms with van der Waals surface area (Å²) in [5.41, 5.74) is 6.55. The molecule has 7 heteroatoms. The smallest absolute Gasteiger partial charge is 0.404 e. The van der Waals surface area contributed by atoms with Gasteiger partial charge in [0.1, 0.15) is 0 Å². The highest BCUT2D eigenvalue weighted by molar-refractivity contribution is 5.63. The molecule has 0 amide bonds. The van der Waals surface area contributed by atoms with Gasteiger partial charge in [-0.25, -0.2) is 0 Å². The molecule has 2 atom stereocenters. The second kappa shape index (κ2) is 4.98. The van der Waals surface area contributed by atoms with E-state index in [1.807, 2.05) is 0 Å². The third-order valence-electron chi connectivity index (χ3n) is 4.43. The Balaban J connectivity index is 1.77. The number of anilines is 2. The topological polar surface area (TPSA) is 41.7 Å². The molecule has 2 aliphatic heterocycles. The van der Waals surface area contributed by atoms with Crippen LogP contribution >= 0.6 is 0 Å². The van der Waals surface area contributed by atoms with Gasteiger partial charge in [-0.3, -0.25) is 4.90 Å². The maximum absolute atomic E-state index is 12.2. The van der Waals surface area contributed by atoms with Gasteiger partial charge in [-0.15, -0.1) is 13.2 Å². The van der Waals surface area contributed by atoms with Gasteiger partial charge in [-0.2, -0.15) is 0 Å². The van der Waals surface area contributed by atoms with E-state index >= 15 is 0 Å². The molecular weight excluding hydrogens is 283 g/mol. The first kappa shape index (κ1) is 14.3. The fourth-order valence-corrected chi connectivity index (χ4v) is 3.27. The van der Waals surface area contributed by atoms with Gasteiger partial charge in [-0.1, -0.05) is 0 Å². The summed E-state index contributed by atoms with van der Waals surface area (Å²) in [5.74, 6) is -0.344. The van der Waals surface area contributed by atoms with E-state index in [1.54, 1.807) is 12.1 Å². The lowest BCUT2D eigenvalue weighted by Crippen LogP contribution is -2.52. The van der Waals surface area contributed by atoms with Gasteiger partial charge < -0.3 is 15.4 Å². The van der Waals surface area contributed by atoms with E-state index in [0.29, 0.717) is 12.1 Å². The van der Waals surface area contributed by atoms with E-state index in [1.165, 1.54) is 18.9 Å². The van der Waals surface area contributed by atoms with Crippen molar-refractivity contribution in [3.63, 3.8) is 0 Å². The minimum atomic E-state index is -4.72. The molecule has 0 spiro atoms. The van der Waals surface area contributed by atoms with Crippen LogP contribution in [0.1, 0.15) is 12.8 Å². The number of halogens is 3. The molecule has 1 aromatic carbocycles. The number of nitrogens with zero attached hydrogens (tertiary/aromatic N) is 2. The summed E-state index contributed by atoms with van der Waals surface area (Å²) >= 11 is 0. The van der Waals surface area contributed by atoms with Crippen molar-refractivity contribution in [1.82, 2.24) is 4.90 Å². The highest BCUT2D eigenvalue weighted by Crippen LogP contribution is 2.35. The Hall–Kier alpha value is -1.63. The van der Waals surface area contributed by atoms with Gasteiger partial charge in [0.15, 0.2) is 5.75 Å². The number of alkyl halides is 3. The number of hydrogen-bond acceptors (Lipinski definition) is 4. The predicted molar refractivity (Wildman–Crippen MR) is 74.3 cm³/mol. The molecular formula is C14H18F3N3O. The van der Waals surface area contributed by atoms with Crippen molar-refractivity contribution in [2.24, 2.45) is 0 Å². The van der Waals surface area contributed by atoms with Crippen LogP contribution in [0.4, 0.5) is 24.5 Å². The fraction of sp³-hybridized carbons (Fsp3) is 0.571. The molecule has 0 aromatic heterocycles. The summed E-state index contributed by atoms with van der Waals surface area (Å²) in [6, 6.07) is 5.51. The quantitative estimate of drug-likeness (QED) is 0.852.